The second kappa shape index (κ2) is 5.81. The lowest BCUT2D eigenvalue weighted by molar-refractivity contribution is -0.138. The molecule has 0 atom stereocenters. The molecule has 78 valence electrons. The minimum atomic E-state index is -0.693. The van der Waals surface area contributed by atoms with Crippen LogP contribution >= 0.6 is 23.5 Å². The molecular weight excluding hydrogens is 204 g/mol. The van der Waals surface area contributed by atoms with E-state index in [0.717, 1.165) is 11.5 Å². The second-order valence-electron chi connectivity index (χ2n) is 2.99. The van der Waals surface area contributed by atoms with E-state index in [2.05, 4.69) is 0 Å². The van der Waals surface area contributed by atoms with Crippen molar-refractivity contribution >= 4 is 29.5 Å². The van der Waals surface area contributed by atoms with Gasteiger partial charge in [-0.05, 0) is 17.4 Å². The highest BCUT2D eigenvalue weighted by molar-refractivity contribution is 8.19. The van der Waals surface area contributed by atoms with Crippen LogP contribution in [0.1, 0.15) is 27.7 Å². The van der Waals surface area contributed by atoms with Crippen LogP contribution in [-0.4, -0.2) is 26.7 Å². The van der Waals surface area contributed by atoms with Gasteiger partial charge in [-0.15, -0.1) is 23.5 Å². The van der Waals surface area contributed by atoms with Gasteiger partial charge in [0.25, 0.3) is 0 Å². The Kier molecular flexibility index (Phi) is 5.88. The molecule has 2 nitrogen and oxygen atoms in total. The summed E-state index contributed by atoms with van der Waals surface area (Å²) in [6.45, 7) is 7.95. The third-order valence-electron chi connectivity index (χ3n) is 1.78. The lowest BCUT2D eigenvalue weighted by atomic mass is 10.1. The molecule has 0 unspecified atom stereocenters. The number of thioether (sulfide) groups is 2. The van der Waals surface area contributed by atoms with Crippen LogP contribution < -0.4 is 0 Å². The minimum absolute atomic E-state index is 0.153. The molecule has 0 spiro atoms. The lowest BCUT2D eigenvalue weighted by Crippen LogP contribution is -2.37. The summed E-state index contributed by atoms with van der Waals surface area (Å²) in [6, 6.07) is 0. The monoisotopic (exact) mass is 222 g/mol. The molecule has 0 aliphatic heterocycles. The molecule has 0 saturated heterocycles. The molecule has 0 aromatic heterocycles. The van der Waals surface area contributed by atoms with Crippen molar-refractivity contribution in [1.82, 2.24) is 0 Å². The first-order valence-electron chi connectivity index (χ1n) is 4.52. The third-order valence-corrected chi connectivity index (χ3v) is 5.21. The first-order valence-corrected chi connectivity index (χ1v) is 6.49. The first-order chi connectivity index (χ1) is 6.01. The number of aliphatic carboxylic acids is 1. The highest BCUT2D eigenvalue weighted by Gasteiger charge is 2.41. The average molecular weight is 222 g/mol. The summed E-state index contributed by atoms with van der Waals surface area (Å²) in [5.41, 5.74) is 0. The standard InChI is InChI=1S/C9H18O2S2/c1-5-12-9(7(3)4,8(10)11)13-6-2/h7H,5-6H2,1-4H3,(H,10,11). The Hall–Kier alpha value is 0.170. The predicted octanol–water partition coefficient (Wildman–Crippen LogP) is 2.93. The molecule has 0 radical (unpaired) electrons. The van der Waals surface area contributed by atoms with Crippen molar-refractivity contribution in [1.29, 1.82) is 0 Å². The Balaban J connectivity index is 4.69. The summed E-state index contributed by atoms with van der Waals surface area (Å²) in [4.78, 5) is 11.2. The molecule has 4 heteroatoms. The van der Waals surface area contributed by atoms with E-state index in [0.29, 0.717) is 0 Å². The zero-order valence-corrected chi connectivity index (χ0v) is 10.3. The van der Waals surface area contributed by atoms with Gasteiger partial charge in [-0.1, -0.05) is 27.7 Å². The van der Waals surface area contributed by atoms with Crippen LogP contribution in [0.4, 0.5) is 0 Å². The van der Waals surface area contributed by atoms with E-state index < -0.39 is 10.0 Å². The van der Waals surface area contributed by atoms with Crippen LogP contribution in [0.15, 0.2) is 0 Å². The zero-order chi connectivity index (χ0) is 10.5. The molecule has 0 amide bonds. The predicted molar refractivity (Wildman–Crippen MR) is 61.5 cm³/mol. The molecule has 0 fully saturated rings. The fourth-order valence-electron chi connectivity index (χ4n) is 1.17. The molecule has 1 N–H and O–H groups in total. The Labute approximate surface area is 88.9 Å². The average Bonchev–Trinajstić information content (AvgIpc) is 2.03. The summed E-state index contributed by atoms with van der Waals surface area (Å²) in [6.07, 6.45) is 0. The van der Waals surface area contributed by atoms with Gasteiger partial charge in [0.05, 0.1) is 0 Å². The van der Waals surface area contributed by atoms with Crippen molar-refractivity contribution in [2.24, 2.45) is 5.92 Å². The van der Waals surface area contributed by atoms with Crippen molar-refractivity contribution in [3.63, 3.8) is 0 Å². The summed E-state index contributed by atoms with van der Waals surface area (Å²) in [5, 5.41) is 9.21. The van der Waals surface area contributed by atoms with Crippen LogP contribution in [0.2, 0.25) is 0 Å². The molecule has 0 bridgehead atoms. The summed E-state index contributed by atoms with van der Waals surface area (Å²) < 4.78 is -0.649. The Bertz CT molecular complexity index is 163. The van der Waals surface area contributed by atoms with E-state index >= 15 is 0 Å². The molecule has 0 rings (SSSR count). The van der Waals surface area contributed by atoms with Gasteiger partial charge in [0, 0.05) is 0 Å². The van der Waals surface area contributed by atoms with Gasteiger partial charge in [-0.25, -0.2) is 4.79 Å². The quantitative estimate of drug-likeness (QED) is 0.701. The minimum Gasteiger partial charge on any atom is -0.480 e. The van der Waals surface area contributed by atoms with E-state index in [1.165, 1.54) is 23.5 Å². The van der Waals surface area contributed by atoms with Crippen LogP contribution in [0.5, 0.6) is 0 Å². The van der Waals surface area contributed by atoms with E-state index in [4.69, 9.17) is 0 Å². The first kappa shape index (κ1) is 13.2. The molecule has 0 aromatic carbocycles. The Morgan fingerprint density at radius 1 is 1.31 bits per heavy atom. The molecule has 0 aromatic rings. The van der Waals surface area contributed by atoms with Gasteiger partial charge < -0.3 is 5.11 Å². The lowest BCUT2D eigenvalue weighted by Gasteiger charge is -2.31. The van der Waals surface area contributed by atoms with Gasteiger partial charge >= 0.3 is 5.97 Å². The number of carboxylic acid groups (broad SMARTS) is 1. The van der Waals surface area contributed by atoms with Crippen LogP contribution in [-0.2, 0) is 4.79 Å². The van der Waals surface area contributed by atoms with Crippen LogP contribution in [0.25, 0.3) is 0 Å². The molecular formula is C9H18O2S2. The summed E-state index contributed by atoms with van der Waals surface area (Å²) >= 11 is 3.06. The fraction of sp³-hybridized carbons (Fsp3) is 0.889. The highest BCUT2D eigenvalue weighted by atomic mass is 32.2. The topological polar surface area (TPSA) is 37.3 Å². The number of carboxylic acids is 1. The molecule has 0 saturated carbocycles. The third kappa shape index (κ3) is 3.09. The van der Waals surface area contributed by atoms with Crippen molar-refractivity contribution in [3.05, 3.63) is 0 Å². The van der Waals surface area contributed by atoms with Crippen LogP contribution in [0, 0.1) is 5.92 Å². The molecule has 13 heavy (non-hydrogen) atoms. The number of carbonyl (C=O) groups is 1. The van der Waals surface area contributed by atoms with Gasteiger partial charge in [0.2, 0.25) is 0 Å². The van der Waals surface area contributed by atoms with Crippen molar-refractivity contribution in [3.8, 4) is 0 Å². The largest absolute Gasteiger partial charge is 0.480 e. The summed E-state index contributed by atoms with van der Waals surface area (Å²) in [5.74, 6) is 1.15. The molecule has 0 heterocycles. The number of hydrogen-bond donors (Lipinski definition) is 1. The van der Waals surface area contributed by atoms with E-state index in [1.807, 2.05) is 27.7 Å². The van der Waals surface area contributed by atoms with E-state index in [1.54, 1.807) is 0 Å². The van der Waals surface area contributed by atoms with Gasteiger partial charge in [0.1, 0.15) is 0 Å². The van der Waals surface area contributed by atoms with Gasteiger partial charge in [-0.3, -0.25) is 0 Å². The zero-order valence-electron chi connectivity index (χ0n) is 8.66. The summed E-state index contributed by atoms with van der Waals surface area (Å²) in [7, 11) is 0. The normalized spacial score (nSPS) is 12.1. The highest BCUT2D eigenvalue weighted by Crippen LogP contribution is 2.43. The van der Waals surface area contributed by atoms with Gasteiger partial charge in [-0.2, -0.15) is 0 Å². The number of hydrogen-bond acceptors (Lipinski definition) is 3. The second-order valence-corrected chi connectivity index (χ2v) is 6.27. The maximum Gasteiger partial charge on any atom is 0.330 e. The molecule has 0 aliphatic rings. The Morgan fingerprint density at radius 2 is 1.69 bits per heavy atom. The SMILES string of the molecule is CCSC(SCC)(C(=O)O)C(C)C. The van der Waals surface area contributed by atoms with Crippen molar-refractivity contribution in [2.45, 2.75) is 31.8 Å². The maximum atomic E-state index is 11.2. The fourth-order valence-corrected chi connectivity index (χ4v) is 3.99. The van der Waals surface area contributed by atoms with Crippen molar-refractivity contribution in [2.75, 3.05) is 11.5 Å². The van der Waals surface area contributed by atoms with E-state index in [-0.39, 0.29) is 5.92 Å². The smallest absolute Gasteiger partial charge is 0.330 e. The maximum absolute atomic E-state index is 11.2. The molecule has 0 aliphatic carbocycles. The number of rotatable bonds is 6. The van der Waals surface area contributed by atoms with Crippen molar-refractivity contribution < 1.29 is 9.90 Å². The van der Waals surface area contributed by atoms with Gasteiger partial charge in [0.15, 0.2) is 4.08 Å². The Morgan fingerprint density at radius 3 is 1.85 bits per heavy atom. The van der Waals surface area contributed by atoms with E-state index in [9.17, 15) is 9.90 Å². The van der Waals surface area contributed by atoms with Crippen LogP contribution in [0.3, 0.4) is 0 Å².